The Balaban J connectivity index is 1.56. The normalized spacial score (nSPS) is 16.1. The average Bonchev–Trinajstić information content (AvgIpc) is 2.79. The van der Waals surface area contributed by atoms with E-state index in [4.69, 9.17) is 5.11 Å². The molecule has 3 N–H and O–H groups in total. The molecule has 10 heteroatoms. The Kier molecular flexibility index (Phi) is 6.38. The number of anilines is 1. The fraction of sp³-hybridized carbons (Fsp3) is 0.348. The smallest absolute Gasteiger partial charge is 0.407 e. The summed E-state index contributed by atoms with van der Waals surface area (Å²) >= 11 is 3.35. The van der Waals surface area contributed by atoms with E-state index in [0.717, 1.165) is 0 Å². The Bertz CT molecular complexity index is 1190. The molecule has 4 rings (SSSR count). The van der Waals surface area contributed by atoms with E-state index < -0.39 is 17.9 Å². The lowest BCUT2D eigenvalue weighted by atomic mass is 9.85. The van der Waals surface area contributed by atoms with Crippen LogP contribution >= 0.6 is 15.9 Å². The van der Waals surface area contributed by atoms with Gasteiger partial charge in [-0.15, -0.1) is 0 Å². The summed E-state index contributed by atoms with van der Waals surface area (Å²) in [5.41, 5.74) is 0.951. The van der Waals surface area contributed by atoms with Crippen molar-refractivity contribution >= 4 is 38.7 Å². The monoisotopic (exact) mass is 520 g/mol. The Hall–Kier alpha value is -3.01. The standard InChI is InChI=1S/C23H23BrF2N4O3/c1-13(29-21-18-10-17(24)11-19(31)20(18)27-12-28-21)14-3-2-4-16(9-14)23(25,26)15-5-7-30(8-6-15)22(32)33/h2-4,9-13,15,31H,5-8H2,1H3,(H,32,33)(H,27,28,29)/t13-/m1/s1. The lowest BCUT2D eigenvalue weighted by Crippen LogP contribution is -2.41. The van der Waals surface area contributed by atoms with Gasteiger partial charge in [-0.25, -0.2) is 23.5 Å². The summed E-state index contributed by atoms with van der Waals surface area (Å²) in [6, 6.07) is 9.22. The molecule has 3 aromatic rings. The fourth-order valence-corrected chi connectivity index (χ4v) is 4.65. The highest BCUT2D eigenvalue weighted by Crippen LogP contribution is 2.42. The van der Waals surface area contributed by atoms with Crippen LogP contribution in [0.25, 0.3) is 10.9 Å². The maximum absolute atomic E-state index is 15.3. The Morgan fingerprint density at radius 2 is 1.97 bits per heavy atom. The van der Waals surface area contributed by atoms with Gasteiger partial charge in [0.25, 0.3) is 5.92 Å². The van der Waals surface area contributed by atoms with Crippen molar-refractivity contribution in [3.63, 3.8) is 0 Å². The van der Waals surface area contributed by atoms with Gasteiger partial charge in [-0.1, -0.05) is 34.1 Å². The van der Waals surface area contributed by atoms with Crippen LogP contribution in [0.1, 0.15) is 36.9 Å². The van der Waals surface area contributed by atoms with Crippen molar-refractivity contribution in [3.8, 4) is 5.75 Å². The minimum atomic E-state index is -3.07. The van der Waals surface area contributed by atoms with Gasteiger partial charge in [-0.2, -0.15) is 0 Å². The number of halogens is 3. The number of piperidine rings is 1. The van der Waals surface area contributed by atoms with Gasteiger partial charge in [0.2, 0.25) is 0 Å². The highest BCUT2D eigenvalue weighted by molar-refractivity contribution is 9.10. The molecule has 7 nitrogen and oxygen atoms in total. The molecule has 1 aliphatic rings. The first kappa shape index (κ1) is 23.2. The number of hydrogen-bond acceptors (Lipinski definition) is 5. The number of phenolic OH excluding ortho intramolecular Hbond substituents is 1. The molecule has 1 aliphatic heterocycles. The Morgan fingerprint density at radius 3 is 2.67 bits per heavy atom. The van der Waals surface area contributed by atoms with Crippen LogP contribution in [0.15, 0.2) is 47.2 Å². The summed E-state index contributed by atoms with van der Waals surface area (Å²) in [4.78, 5) is 20.6. The van der Waals surface area contributed by atoms with Crippen LogP contribution in [0, 0.1) is 5.92 Å². The van der Waals surface area contributed by atoms with Crippen molar-refractivity contribution < 1.29 is 23.8 Å². The summed E-state index contributed by atoms with van der Waals surface area (Å²) in [6.07, 6.45) is 0.487. The zero-order valence-corrected chi connectivity index (χ0v) is 19.4. The van der Waals surface area contributed by atoms with Gasteiger partial charge in [-0.05, 0) is 43.5 Å². The van der Waals surface area contributed by atoms with Crippen LogP contribution in [-0.4, -0.2) is 44.3 Å². The lowest BCUT2D eigenvalue weighted by Gasteiger charge is -2.35. The average molecular weight is 521 g/mol. The number of aromatic nitrogens is 2. The topological polar surface area (TPSA) is 98.6 Å². The van der Waals surface area contributed by atoms with Crippen molar-refractivity contribution in [3.05, 3.63) is 58.3 Å². The molecular weight excluding hydrogens is 498 g/mol. The molecule has 1 fully saturated rings. The van der Waals surface area contributed by atoms with Crippen molar-refractivity contribution in [2.75, 3.05) is 18.4 Å². The van der Waals surface area contributed by atoms with Crippen molar-refractivity contribution in [1.82, 2.24) is 14.9 Å². The number of likely N-dealkylation sites (tertiary alicyclic amines) is 1. The quantitative estimate of drug-likeness (QED) is 0.396. The fourth-order valence-electron chi connectivity index (χ4n) is 4.20. The second kappa shape index (κ2) is 9.09. The van der Waals surface area contributed by atoms with Gasteiger partial charge in [0.1, 0.15) is 23.4 Å². The second-order valence-corrected chi connectivity index (χ2v) is 9.12. The highest BCUT2D eigenvalue weighted by Gasteiger charge is 2.43. The minimum absolute atomic E-state index is 0.00747. The van der Waals surface area contributed by atoms with Gasteiger partial charge in [0.15, 0.2) is 0 Å². The molecule has 1 saturated heterocycles. The van der Waals surface area contributed by atoms with Crippen LogP contribution in [0.2, 0.25) is 0 Å². The van der Waals surface area contributed by atoms with Crippen LogP contribution in [0.3, 0.4) is 0 Å². The minimum Gasteiger partial charge on any atom is -0.506 e. The van der Waals surface area contributed by atoms with Gasteiger partial charge in [0.05, 0.1) is 0 Å². The largest absolute Gasteiger partial charge is 0.506 e. The van der Waals surface area contributed by atoms with E-state index >= 15 is 8.78 Å². The Labute approximate surface area is 197 Å². The first-order valence-corrected chi connectivity index (χ1v) is 11.3. The van der Waals surface area contributed by atoms with Crippen LogP contribution in [0.5, 0.6) is 5.75 Å². The number of hydrogen-bond donors (Lipinski definition) is 3. The van der Waals surface area contributed by atoms with Gasteiger partial charge in [0, 0.05) is 40.5 Å². The molecular formula is C23H23BrF2N4O3. The zero-order valence-electron chi connectivity index (χ0n) is 17.8. The van der Waals surface area contributed by atoms with Gasteiger partial charge < -0.3 is 20.4 Å². The van der Waals surface area contributed by atoms with Crippen molar-refractivity contribution in [2.45, 2.75) is 31.7 Å². The first-order chi connectivity index (χ1) is 15.7. The van der Waals surface area contributed by atoms with E-state index in [1.807, 2.05) is 6.92 Å². The van der Waals surface area contributed by atoms with Crippen molar-refractivity contribution in [2.24, 2.45) is 5.92 Å². The molecule has 0 radical (unpaired) electrons. The first-order valence-electron chi connectivity index (χ1n) is 10.5. The number of phenols is 1. The molecule has 2 heterocycles. The SMILES string of the molecule is C[C@@H](Nc1ncnc2c(O)cc(Br)cc12)c1cccc(C(F)(F)C2CCN(C(=O)O)CC2)c1. The summed E-state index contributed by atoms with van der Waals surface area (Å²) in [7, 11) is 0. The summed E-state index contributed by atoms with van der Waals surface area (Å²) in [6.45, 7) is 2.06. The number of rotatable bonds is 5. The number of benzene rings is 2. The second-order valence-electron chi connectivity index (χ2n) is 8.20. The van der Waals surface area contributed by atoms with Gasteiger partial charge >= 0.3 is 6.09 Å². The molecule has 1 amide bonds. The van der Waals surface area contributed by atoms with E-state index in [2.05, 4.69) is 31.2 Å². The predicted molar refractivity (Wildman–Crippen MR) is 124 cm³/mol. The molecule has 0 unspecified atom stereocenters. The zero-order chi connectivity index (χ0) is 23.8. The third-order valence-electron chi connectivity index (χ3n) is 6.09. The van der Waals surface area contributed by atoms with E-state index in [1.54, 1.807) is 18.2 Å². The third-order valence-corrected chi connectivity index (χ3v) is 6.54. The number of nitrogens with zero attached hydrogens (tertiary/aromatic N) is 3. The third kappa shape index (κ3) is 4.71. The molecule has 33 heavy (non-hydrogen) atoms. The van der Waals surface area contributed by atoms with Crippen LogP contribution < -0.4 is 5.32 Å². The summed E-state index contributed by atoms with van der Waals surface area (Å²) in [5.74, 6) is -3.51. The number of alkyl halides is 2. The molecule has 0 aliphatic carbocycles. The number of carbonyl (C=O) groups is 1. The van der Waals surface area contributed by atoms with Crippen molar-refractivity contribution in [1.29, 1.82) is 0 Å². The van der Waals surface area contributed by atoms with E-state index in [9.17, 15) is 9.90 Å². The van der Waals surface area contributed by atoms with Crippen LogP contribution in [0.4, 0.5) is 19.4 Å². The van der Waals surface area contributed by atoms with Gasteiger partial charge in [-0.3, -0.25) is 0 Å². The lowest BCUT2D eigenvalue weighted by molar-refractivity contribution is -0.0836. The molecule has 1 atom stereocenters. The molecule has 2 aromatic carbocycles. The van der Waals surface area contributed by atoms with E-state index in [1.165, 1.54) is 29.4 Å². The highest BCUT2D eigenvalue weighted by atomic mass is 79.9. The molecule has 0 bridgehead atoms. The van der Waals surface area contributed by atoms with E-state index in [-0.39, 0.29) is 43.3 Å². The number of amides is 1. The summed E-state index contributed by atoms with van der Waals surface area (Å²) in [5, 5.41) is 23.1. The molecule has 1 aromatic heterocycles. The maximum Gasteiger partial charge on any atom is 0.407 e. The summed E-state index contributed by atoms with van der Waals surface area (Å²) < 4.78 is 31.3. The molecule has 174 valence electrons. The molecule has 0 saturated carbocycles. The number of fused-ring (bicyclic) bond motifs is 1. The number of carboxylic acid groups (broad SMARTS) is 1. The molecule has 0 spiro atoms. The Morgan fingerprint density at radius 1 is 1.24 bits per heavy atom. The predicted octanol–water partition coefficient (Wildman–Crippen LogP) is 5.75. The van der Waals surface area contributed by atoms with Crippen LogP contribution in [-0.2, 0) is 5.92 Å². The van der Waals surface area contributed by atoms with E-state index in [0.29, 0.717) is 26.8 Å². The maximum atomic E-state index is 15.3. The number of aromatic hydroxyl groups is 1. The number of nitrogens with one attached hydrogen (secondary N) is 1.